The topological polar surface area (TPSA) is 55.6 Å². The number of aryl methyl sites for hydroxylation is 2. The average molecular weight is 280 g/mol. The van der Waals surface area contributed by atoms with Crippen LogP contribution in [0.2, 0.25) is 5.02 Å². The quantitative estimate of drug-likeness (QED) is 0.934. The molecule has 1 N–H and O–H groups in total. The minimum absolute atomic E-state index is 0.406. The molecule has 0 aromatic carbocycles. The van der Waals surface area contributed by atoms with Crippen molar-refractivity contribution in [2.45, 2.75) is 40.3 Å². The van der Waals surface area contributed by atoms with Gasteiger partial charge in [-0.3, -0.25) is 0 Å². The van der Waals surface area contributed by atoms with E-state index in [2.05, 4.69) is 34.2 Å². The summed E-state index contributed by atoms with van der Waals surface area (Å²) in [4.78, 5) is 8.59. The normalized spacial score (nSPS) is 11.3. The molecular formula is C13H18ClN5. The molecule has 0 aliphatic carbocycles. The molecule has 6 heteroatoms. The Bertz CT molecular complexity index is 576. The molecule has 2 heterocycles. The second-order valence-corrected chi connectivity index (χ2v) is 5.19. The molecule has 0 saturated heterocycles. The standard InChI is InChI=1S/C13H18ClN5/c1-8(2)15-6-11-5-13(16-7-12(11)14)19-10(4)17-9(3)18-19/h5,7-8,15H,6H2,1-4H3. The van der Waals surface area contributed by atoms with Gasteiger partial charge in [-0.05, 0) is 25.5 Å². The molecule has 0 unspecified atom stereocenters. The maximum Gasteiger partial charge on any atom is 0.155 e. The summed E-state index contributed by atoms with van der Waals surface area (Å²) in [7, 11) is 0. The molecule has 0 radical (unpaired) electrons. The number of nitrogens with one attached hydrogen (secondary N) is 1. The van der Waals surface area contributed by atoms with Gasteiger partial charge in [0.25, 0.3) is 0 Å². The van der Waals surface area contributed by atoms with Gasteiger partial charge in [0.05, 0.1) is 5.02 Å². The minimum Gasteiger partial charge on any atom is -0.310 e. The molecule has 0 bridgehead atoms. The summed E-state index contributed by atoms with van der Waals surface area (Å²) >= 11 is 6.16. The first-order chi connectivity index (χ1) is 8.97. The van der Waals surface area contributed by atoms with Crippen LogP contribution in [0.3, 0.4) is 0 Å². The van der Waals surface area contributed by atoms with Crippen LogP contribution in [0.15, 0.2) is 12.3 Å². The average Bonchev–Trinajstić information content (AvgIpc) is 2.67. The monoisotopic (exact) mass is 279 g/mol. The molecule has 102 valence electrons. The molecule has 2 aromatic heterocycles. The van der Waals surface area contributed by atoms with Gasteiger partial charge >= 0.3 is 0 Å². The third kappa shape index (κ3) is 3.30. The Kier molecular flexibility index (Phi) is 4.17. The molecule has 2 aromatic rings. The lowest BCUT2D eigenvalue weighted by Gasteiger charge is -2.11. The first-order valence-corrected chi connectivity index (χ1v) is 6.63. The number of nitrogens with zero attached hydrogens (tertiary/aromatic N) is 4. The summed E-state index contributed by atoms with van der Waals surface area (Å²) in [5.74, 6) is 2.29. The molecule has 0 saturated carbocycles. The highest BCUT2D eigenvalue weighted by Crippen LogP contribution is 2.18. The molecule has 0 spiro atoms. The molecule has 0 atom stereocenters. The number of aromatic nitrogens is 4. The van der Waals surface area contributed by atoms with E-state index >= 15 is 0 Å². The van der Waals surface area contributed by atoms with Crippen LogP contribution in [-0.4, -0.2) is 25.8 Å². The van der Waals surface area contributed by atoms with Crippen LogP contribution in [0.5, 0.6) is 0 Å². The Morgan fingerprint density at radius 1 is 1.37 bits per heavy atom. The highest BCUT2D eigenvalue weighted by atomic mass is 35.5. The van der Waals surface area contributed by atoms with Crippen LogP contribution in [0.1, 0.15) is 31.1 Å². The zero-order valence-corrected chi connectivity index (χ0v) is 12.4. The van der Waals surface area contributed by atoms with Gasteiger partial charge in [-0.25, -0.2) is 9.97 Å². The van der Waals surface area contributed by atoms with Gasteiger partial charge < -0.3 is 5.32 Å². The Morgan fingerprint density at radius 3 is 2.68 bits per heavy atom. The van der Waals surface area contributed by atoms with Crippen molar-refractivity contribution in [3.63, 3.8) is 0 Å². The summed E-state index contributed by atoms with van der Waals surface area (Å²) < 4.78 is 1.73. The second kappa shape index (κ2) is 5.67. The maximum atomic E-state index is 6.16. The van der Waals surface area contributed by atoms with Crippen molar-refractivity contribution in [3.8, 4) is 5.82 Å². The molecular weight excluding hydrogens is 262 g/mol. The van der Waals surface area contributed by atoms with Gasteiger partial charge in [0, 0.05) is 18.8 Å². The van der Waals surface area contributed by atoms with E-state index < -0.39 is 0 Å². The number of rotatable bonds is 4. The largest absolute Gasteiger partial charge is 0.310 e. The van der Waals surface area contributed by atoms with Crippen LogP contribution < -0.4 is 5.32 Å². The van der Waals surface area contributed by atoms with Crippen molar-refractivity contribution < 1.29 is 0 Å². The van der Waals surface area contributed by atoms with Gasteiger partial charge in [0.2, 0.25) is 0 Å². The van der Waals surface area contributed by atoms with E-state index in [9.17, 15) is 0 Å². The predicted molar refractivity (Wildman–Crippen MR) is 75.6 cm³/mol. The minimum atomic E-state index is 0.406. The SMILES string of the molecule is Cc1nc(C)n(-c2cc(CNC(C)C)c(Cl)cn2)n1. The van der Waals surface area contributed by atoms with Crippen molar-refractivity contribution in [2.24, 2.45) is 0 Å². The Morgan fingerprint density at radius 2 is 2.11 bits per heavy atom. The lowest BCUT2D eigenvalue weighted by molar-refractivity contribution is 0.588. The number of hydrogen-bond acceptors (Lipinski definition) is 4. The fourth-order valence-electron chi connectivity index (χ4n) is 1.77. The van der Waals surface area contributed by atoms with Crippen molar-refractivity contribution in [1.29, 1.82) is 0 Å². The smallest absolute Gasteiger partial charge is 0.155 e. The number of pyridine rings is 1. The lowest BCUT2D eigenvalue weighted by atomic mass is 10.2. The zero-order valence-electron chi connectivity index (χ0n) is 11.6. The van der Waals surface area contributed by atoms with Gasteiger partial charge in [-0.15, -0.1) is 5.10 Å². The highest BCUT2D eigenvalue weighted by Gasteiger charge is 2.09. The summed E-state index contributed by atoms with van der Waals surface area (Å²) in [6.07, 6.45) is 1.66. The van der Waals surface area contributed by atoms with Crippen molar-refractivity contribution in [1.82, 2.24) is 25.1 Å². The number of hydrogen-bond donors (Lipinski definition) is 1. The molecule has 0 fully saturated rings. The summed E-state index contributed by atoms with van der Waals surface area (Å²) in [6, 6.07) is 2.35. The fourth-order valence-corrected chi connectivity index (χ4v) is 1.94. The van der Waals surface area contributed by atoms with Gasteiger partial charge in [-0.1, -0.05) is 25.4 Å². The molecule has 0 aliphatic rings. The van der Waals surface area contributed by atoms with Crippen LogP contribution in [0.25, 0.3) is 5.82 Å². The van der Waals surface area contributed by atoms with E-state index in [1.165, 1.54) is 0 Å². The maximum absolute atomic E-state index is 6.16. The van der Waals surface area contributed by atoms with Crippen LogP contribution in [0, 0.1) is 13.8 Å². The van der Waals surface area contributed by atoms with Crippen LogP contribution in [-0.2, 0) is 6.54 Å². The zero-order chi connectivity index (χ0) is 14.0. The van der Waals surface area contributed by atoms with E-state index in [4.69, 9.17) is 11.6 Å². The van der Waals surface area contributed by atoms with E-state index in [0.29, 0.717) is 17.6 Å². The summed E-state index contributed by atoms with van der Waals surface area (Å²) in [5.41, 5.74) is 1.01. The highest BCUT2D eigenvalue weighted by molar-refractivity contribution is 6.31. The van der Waals surface area contributed by atoms with Gasteiger partial charge in [0.15, 0.2) is 5.82 Å². The molecule has 0 amide bonds. The molecule has 19 heavy (non-hydrogen) atoms. The van der Waals surface area contributed by atoms with Crippen LogP contribution in [0.4, 0.5) is 0 Å². The Labute approximate surface area is 118 Å². The van der Waals surface area contributed by atoms with Crippen molar-refractivity contribution in [2.75, 3.05) is 0 Å². The third-order valence-electron chi connectivity index (χ3n) is 2.71. The van der Waals surface area contributed by atoms with E-state index in [1.54, 1.807) is 10.9 Å². The molecule has 5 nitrogen and oxygen atoms in total. The molecule has 2 rings (SSSR count). The number of halogens is 1. The van der Waals surface area contributed by atoms with Crippen LogP contribution >= 0.6 is 11.6 Å². The lowest BCUT2D eigenvalue weighted by Crippen LogP contribution is -2.22. The van der Waals surface area contributed by atoms with E-state index in [1.807, 2.05) is 19.9 Å². The Hall–Kier alpha value is -1.46. The van der Waals surface area contributed by atoms with E-state index in [-0.39, 0.29) is 0 Å². The van der Waals surface area contributed by atoms with Gasteiger partial charge in [0.1, 0.15) is 11.6 Å². The second-order valence-electron chi connectivity index (χ2n) is 4.79. The summed E-state index contributed by atoms with van der Waals surface area (Å²) in [5, 5.41) is 8.33. The Balaban J connectivity index is 2.32. The summed E-state index contributed by atoms with van der Waals surface area (Å²) in [6.45, 7) is 8.67. The first-order valence-electron chi connectivity index (χ1n) is 6.26. The molecule has 0 aliphatic heterocycles. The third-order valence-corrected chi connectivity index (χ3v) is 3.05. The first kappa shape index (κ1) is 14.0. The predicted octanol–water partition coefficient (Wildman–Crippen LogP) is 2.43. The van der Waals surface area contributed by atoms with Crippen molar-refractivity contribution >= 4 is 11.6 Å². The fraction of sp³-hybridized carbons (Fsp3) is 0.462. The van der Waals surface area contributed by atoms with Gasteiger partial charge in [-0.2, -0.15) is 4.68 Å². The van der Waals surface area contributed by atoms with E-state index in [0.717, 1.165) is 23.0 Å². The van der Waals surface area contributed by atoms with Crippen molar-refractivity contribution in [3.05, 3.63) is 34.5 Å².